The van der Waals surface area contributed by atoms with Crippen LogP contribution in [0.4, 0.5) is 0 Å². The van der Waals surface area contributed by atoms with E-state index in [0.717, 1.165) is 11.1 Å². The molecule has 0 aliphatic carbocycles. The highest BCUT2D eigenvalue weighted by atomic mass is 32.1. The lowest BCUT2D eigenvalue weighted by Crippen LogP contribution is -2.09. The van der Waals surface area contributed by atoms with Crippen molar-refractivity contribution in [3.8, 4) is 11.4 Å². The lowest BCUT2D eigenvalue weighted by atomic mass is 10.2. The molecule has 24 heavy (non-hydrogen) atoms. The van der Waals surface area contributed by atoms with E-state index in [-0.39, 0.29) is 5.69 Å². The Morgan fingerprint density at radius 1 is 1.17 bits per heavy atom. The number of aromatic nitrogens is 2. The van der Waals surface area contributed by atoms with Gasteiger partial charge in [-0.1, -0.05) is 36.4 Å². The Morgan fingerprint density at radius 3 is 2.71 bits per heavy atom. The van der Waals surface area contributed by atoms with Crippen molar-refractivity contribution in [2.75, 3.05) is 6.61 Å². The zero-order valence-corrected chi connectivity index (χ0v) is 14.0. The minimum Gasteiger partial charge on any atom is -0.461 e. The van der Waals surface area contributed by atoms with Gasteiger partial charge in [-0.15, -0.1) is 0 Å². The van der Waals surface area contributed by atoms with E-state index < -0.39 is 5.97 Å². The highest BCUT2D eigenvalue weighted by Gasteiger charge is 2.13. The second-order valence-electron chi connectivity index (χ2n) is 4.98. The summed E-state index contributed by atoms with van der Waals surface area (Å²) in [5.74, 6) is 0.0633. The fourth-order valence-corrected chi connectivity index (χ4v) is 2.76. The number of thiophene rings is 1. The van der Waals surface area contributed by atoms with Crippen LogP contribution < -0.4 is 0 Å². The first-order valence-corrected chi connectivity index (χ1v) is 8.52. The third-order valence-electron chi connectivity index (χ3n) is 3.25. The van der Waals surface area contributed by atoms with Crippen LogP contribution in [0.5, 0.6) is 0 Å². The molecule has 0 fully saturated rings. The maximum Gasteiger partial charge on any atom is 0.357 e. The van der Waals surface area contributed by atoms with E-state index in [1.54, 1.807) is 24.3 Å². The van der Waals surface area contributed by atoms with Gasteiger partial charge in [-0.25, -0.2) is 14.8 Å². The number of esters is 1. The summed E-state index contributed by atoms with van der Waals surface area (Å²) in [4.78, 5) is 21.0. The molecule has 0 bridgehead atoms. The van der Waals surface area contributed by atoms with Crippen molar-refractivity contribution in [1.29, 1.82) is 0 Å². The second kappa shape index (κ2) is 7.66. The number of rotatable bonds is 5. The Bertz CT molecular complexity index is 843. The van der Waals surface area contributed by atoms with Crippen molar-refractivity contribution >= 4 is 29.5 Å². The van der Waals surface area contributed by atoms with Crippen molar-refractivity contribution in [3.63, 3.8) is 0 Å². The number of benzene rings is 1. The summed E-state index contributed by atoms with van der Waals surface area (Å²) in [6.07, 6.45) is 3.83. The lowest BCUT2D eigenvalue weighted by Gasteiger charge is -2.06. The molecule has 0 unspecified atom stereocenters. The molecule has 3 rings (SSSR count). The summed E-state index contributed by atoms with van der Waals surface area (Å²) < 4.78 is 5.07. The Hall–Kier alpha value is -2.79. The molecule has 120 valence electrons. The van der Waals surface area contributed by atoms with E-state index in [1.165, 1.54) is 0 Å². The minimum atomic E-state index is -0.442. The molecule has 0 atom stereocenters. The number of ether oxygens (including phenoxy) is 1. The van der Waals surface area contributed by atoms with Crippen molar-refractivity contribution in [3.05, 3.63) is 70.2 Å². The molecule has 0 aliphatic heterocycles. The summed E-state index contributed by atoms with van der Waals surface area (Å²) in [7, 11) is 0. The van der Waals surface area contributed by atoms with Crippen LogP contribution in [0.25, 0.3) is 23.5 Å². The Kier molecular flexibility index (Phi) is 5.13. The molecule has 0 radical (unpaired) electrons. The van der Waals surface area contributed by atoms with Gasteiger partial charge in [0.15, 0.2) is 11.5 Å². The molecule has 0 saturated heterocycles. The normalized spacial score (nSPS) is 10.9. The Morgan fingerprint density at radius 2 is 2.00 bits per heavy atom. The van der Waals surface area contributed by atoms with Gasteiger partial charge in [0.2, 0.25) is 0 Å². The smallest absolute Gasteiger partial charge is 0.357 e. The minimum absolute atomic E-state index is 0.260. The number of carbonyl (C=O) groups is 1. The lowest BCUT2D eigenvalue weighted by molar-refractivity contribution is 0.0519. The predicted molar refractivity (Wildman–Crippen MR) is 96.7 cm³/mol. The van der Waals surface area contributed by atoms with Crippen molar-refractivity contribution in [1.82, 2.24) is 9.97 Å². The summed E-state index contributed by atoms with van der Waals surface area (Å²) >= 11 is 1.63. The first-order valence-electron chi connectivity index (χ1n) is 7.58. The molecular weight excluding hydrogens is 320 g/mol. The third-order valence-corrected chi connectivity index (χ3v) is 3.95. The largest absolute Gasteiger partial charge is 0.461 e. The molecule has 0 spiro atoms. The van der Waals surface area contributed by atoms with Gasteiger partial charge < -0.3 is 4.74 Å². The zero-order valence-electron chi connectivity index (χ0n) is 13.2. The van der Waals surface area contributed by atoms with Crippen LogP contribution in [0, 0.1) is 0 Å². The molecule has 1 aromatic carbocycles. The third kappa shape index (κ3) is 3.94. The van der Waals surface area contributed by atoms with Gasteiger partial charge in [-0.05, 0) is 41.5 Å². The molecule has 5 heteroatoms. The van der Waals surface area contributed by atoms with E-state index in [4.69, 9.17) is 4.74 Å². The van der Waals surface area contributed by atoms with E-state index in [9.17, 15) is 4.79 Å². The molecule has 2 heterocycles. The fraction of sp³-hybridized carbons (Fsp3) is 0.105. The molecule has 0 amide bonds. The average molecular weight is 336 g/mol. The first-order chi connectivity index (χ1) is 11.8. The van der Waals surface area contributed by atoms with Gasteiger partial charge in [0.05, 0.1) is 12.3 Å². The van der Waals surface area contributed by atoms with Crippen LogP contribution in [-0.4, -0.2) is 22.5 Å². The van der Waals surface area contributed by atoms with Gasteiger partial charge in [-0.2, -0.15) is 11.3 Å². The van der Waals surface area contributed by atoms with E-state index >= 15 is 0 Å². The van der Waals surface area contributed by atoms with Crippen LogP contribution >= 0.6 is 11.3 Å². The van der Waals surface area contributed by atoms with E-state index in [0.29, 0.717) is 18.1 Å². The molecule has 0 N–H and O–H groups in total. The second-order valence-corrected chi connectivity index (χ2v) is 5.76. The summed E-state index contributed by atoms with van der Waals surface area (Å²) in [5, 5.41) is 4.06. The van der Waals surface area contributed by atoms with Crippen molar-refractivity contribution < 1.29 is 9.53 Å². The Labute approximate surface area is 144 Å². The molecule has 0 aliphatic rings. The fourth-order valence-electron chi connectivity index (χ4n) is 2.13. The highest BCUT2D eigenvalue weighted by molar-refractivity contribution is 7.08. The van der Waals surface area contributed by atoms with Gasteiger partial charge in [0.1, 0.15) is 0 Å². The Balaban J connectivity index is 2.01. The summed E-state index contributed by atoms with van der Waals surface area (Å²) in [5.41, 5.74) is 2.88. The molecular formula is C19H16N2O2S. The van der Waals surface area contributed by atoms with Crippen LogP contribution in [0.3, 0.4) is 0 Å². The molecule has 4 nitrogen and oxygen atoms in total. The van der Waals surface area contributed by atoms with Crippen LogP contribution in [0.15, 0.2) is 53.2 Å². The molecule has 3 aromatic rings. The van der Waals surface area contributed by atoms with Gasteiger partial charge in [0, 0.05) is 5.56 Å². The van der Waals surface area contributed by atoms with Gasteiger partial charge >= 0.3 is 5.97 Å². The highest BCUT2D eigenvalue weighted by Crippen LogP contribution is 2.18. The summed E-state index contributed by atoms with van der Waals surface area (Å²) in [6, 6.07) is 13.2. The number of hydrogen-bond donors (Lipinski definition) is 0. The number of carbonyl (C=O) groups excluding carboxylic acids is 1. The van der Waals surface area contributed by atoms with Gasteiger partial charge in [0.25, 0.3) is 0 Å². The SMILES string of the molecule is CCOC(=O)c1cc(C=Cc2ccsc2)nc(-c2ccccc2)n1. The quantitative estimate of drug-likeness (QED) is 0.641. The van der Waals surface area contributed by atoms with Crippen LogP contribution in [-0.2, 0) is 4.74 Å². The van der Waals surface area contributed by atoms with Crippen LogP contribution in [0.2, 0.25) is 0 Å². The first kappa shape index (κ1) is 16.1. The number of nitrogens with zero attached hydrogens (tertiary/aromatic N) is 2. The molecule has 2 aromatic heterocycles. The van der Waals surface area contributed by atoms with Crippen LogP contribution in [0.1, 0.15) is 28.7 Å². The zero-order chi connectivity index (χ0) is 16.8. The van der Waals surface area contributed by atoms with E-state index in [1.807, 2.05) is 59.3 Å². The van der Waals surface area contributed by atoms with Crippen molar-refractivity contribution in [2.24, 2.45) is 0 Å². The van der Waals surface area contributed by atoms with E-state index in [2.05, 4.69) is 9.97 Å². The van der Waals surface area contributed by atoms with Gasteiger partial charge in [-0.3, -0.25) is 0 Å². The summed E-state index contributed by atoms with van der Waals surface area (Å²) in [6.45, 7) is 2.08. The maximum absolute atomic E-state index is 12.1. The van der Waals surface area contributed by atoms with Crippen molar-refractivity contribution in [2.45, 2.75) is 6.92 Å². The topological polar surface area (TPSA) is 52.1 Å². The standard InChI is InChI=1S/C19H16N2O2S/c1-2-23-19(22)17-12-16(9-8-14-10-11-24-13-14)20-18(21-17)15-6-4-3-5-7-15/h3-13H,2H2,1H3. The number of hydrogen-bond acceptors (Lipinski definition) is 5. The maximum atomic E-state index is 12.1. The predicted octanol–water partition coefficient (Wildman–Crippen LogP) is 4.55. The average Bonchev–Trinajstić information content (AvgIpc) is 3.14. The monoisotopic (exact) mass is 336 g/mol. The molecule has 0 saturated carbocycles.